The van der Waals surface area contributed by atoms with Crippen molar-refractivity contribution in [1.29, 1.82) is 5.26 Å². The van der Waals surface area contributed by atoms with Gasteiger partial charge in [0.2, 0.25) is 0 Å². The molecule has 3 N–H and O–H groups in total. The lowest BCUT2D eigenvalue weighted by atomic mass is 10.3. The standard InChI is InChI=1S/C8H11N5O2/c1-12(2)8-5(3-9)7(10)13(11-8)4-6(14)15/h4,10H2,1-2H3,(H,14,15). The smallest absolute Gasteiger partial charge is 0.325 e. The van der Waals surface area contributed by atoms with Crippen molar-refractivity contribution in [2.24, 2.45) is 0 Å². The van der Waals surface area contributed by atoms with Gasteiger partial charge in [0.15, 0.2) is 5.82 Å². The average molecular weight is 209 g/mol. The Morgan fingerprint density at radius 3 is 2.67 bits per heavy atom. The maximum Gasteiger partial charge on any atom is 0.325 e. The summed E-state index contributed by atoms with van der Waals surface area (Å²) in [6.45, 7) is -0.353. The first-order valence-electron chi connectivity index (χ1n) is 4.13. The molecule has 0 aromatic carbocycles. The van der Waals surface area contributed by atoms with Crippen molar-refractivity contribution in [3.05, 3.63) is 5.56 Å². The van der Waals surface area contributed by atoms with E-state index in [2.05, 4.69) is 5.10 Å². The molecular weight excluding hydrogens is 198 g/mol. The minimum absolute atomic E-state index is 0.0728. The molecule has 80 valence electrons. The molecule has 0 radical (unpaired) electrons. The molecule has 0 fully saturated rings. The number of aromatic nitrogens is 2. The first kappa shape index (κ1) is 10.8. The van der Waals surface area contributed by atoms with Gasteiger partial charge in [0.05, 0.1) is 0 Å². The van der Waals surface area contributed by atoms with Crippen molar-refractivity contribution in [2.75, 3.05) is 24.7 Å². The molecule has 0 aliphatic rings. The molecule has 0 bridgehead atoms. The second-order valence-electron chi connectivity index (χ2n) is 3.14. The molecule has 0 amide bonds. The van der Waals surface area contributed by atoms with E-state index < -0.39 is 5.97 Å². The van der Waals surface area contributed by atoms with Crippen LogP contribution in [0.1, 0.15) is 5.56 Å². The summed E-state index contributed by atoms with van der Waals surface area (Å²) in [4.78, 5) is 12.1. The minimum Gasteiger partial charge on any atom is -0.480 e. The summed E-state index contributed by atoms with van der Waals surface area (Å²) in [6, 6.07) is 1.90. The summed E-state index contributed by atoms with van der Waals surface area (Å²) >= 11 is 0. The van der Waals surface area contributed by atoms with E-state index in [-0.39, 0.29) is 17.9 Å². The van der Waals surface area contributed by atoms with Crippen LogP contribution in [0.25, 0.3) is 0 Å². The molecule has 0 aliphatic heterocycles. The number of hydrogen-bond acceptors (Lipinski definition) is 5. The molecule has 15 heavy (non-hydrogen) atoms. The Morgan fingerprint density at radius 2 is 2.33 bits per heavy atom. The number of nitrogens with zero attached hydrogens (tertiary/aromatic N) is 4. The summed E-state index contributed by atoms with van der Waals surface area (Å²) in [5.41, 5.74) is 5.78. The molecule has 1 rings (SSSR count). The van der Waals surface area contributed by atoms with E-state index in [9.17, 15) is 4.79 Å². The molecule has 0 saturated heterocycles. The summed E-state index contributed by atoms with van der Waals surface area (Å²) in [5.74, 6) is -0.612. The fourth-order valence-corrected chi connectivity index (χ4v) is 1.13. The number of nitrogens with two attached hydrogens (primary N) is 1. The lowest BCUT2D eigenvalue weighted by Gasteiger charge is -2.07. The number of nitriles is 1. The van der Waals surface area contributed by atoms with Gasteiger partial charge in [-0.05, 0) is 0 Å². The Bertz CT molecular complexity index is 429. The van der Waals surface area contributed by atoms with Crippen molar-refractivity contribution < 1.29 is 9.90 Å². The zero-order chi connectivity index (χ0) is 11.6. The summed E-state index contributed by atoms with van der Waals surface area (Å²) < 4.78 is 1.09. The van der Waals surface area contributed by atoms with Crippen LogP contribution in [0, 0.1) is 11.3 Å². The van der Waals surface area contributed by atoms with Crippen LogP contribution in [0.15, 0.2) is 0 Å². The van der Waals surface area contributed by atoms with Crippen LogP contribution in [-0.2, 0) is 11.3 Å². The summed E-state index contributed by atoms with van der Waals surface area (Å²) in [7, 11) is 3.40. The maximum atomic E-state index is 10.5. The highest BCUT2D eigenvalue weighted by Crippen LogP contribution is 2.22. The zero-order valence-corrected chi connectivity index (χ0v) is 8.43. The Kier molecular flexibility index (Phi) is 2.80. The Morgan fingerprint density at radius 1 is 1.73 bits per heavy atom. The van der Waals surface area contributed by atoms with Crippen LogP contribution < -0.4 is 10.6 Å². The summed E-state index contributed by atoms with van der Waals surface area (Å²) in [6.07, 6.45) is 0. The molecule has 0 spiro atoms. The van der Waals surface area contributed by atoms with Gasteiger partial charge in [-0.3, -0.25) is 4.79 Å². The van der Waals surface area contributed by atoms with Gasteiger partial charge >= 0.3 is 5.97 Å². The number of nitrogen functional groups attached to an aromatic ring is 1. The first-order chi connectivity index (χ1) is 6.97. The number of anilines is 2. The number of carboxylic acid groups (broad SMARTS) is 1. The van der Waals surface area contributed by atoms with E-state index in [4.69, 9.17) is 16.1 Å². The SMILES string of the molecule is CN(C)c1nn(CC(=O)O)c(N)c1C#N. The highest BCUT2D eigenvalue weighted by Gasteiger charge is 2.17. The summed E-state index contributed by atoms with van der Waals surface area (Å²) in [5, 5.41) is 21.4. The Labute approximate surface area is 86.3 Å². The van der Waals surface area contributed by atoms with Crippen LogP contribution in [-0.4, -0.2) is 35.0 Å². The van der Waals surface area contributed by atoms with Crippen LogP contribution in [0.2, 0.25) is 0 Å². The minimum atomic E-state index is -1.06. The Hall–Kier alpha value is -2.23. The second-order valence-corrected chi connectivity index (χ2v) is 3.14. The number of rotatable bonds is 3. The van der Waals surface area contributed by atoms with E-state index in [0.29, 0.717) is 5.82 Å². The molecule has 0 aliphatic carbocycles. The largest absolute Gasteiger partial charge is 0.480 e. The van der Waals surface area contributed by atoms with Gasteiger partial charge in [0, 0.05) is 14.1 Å². The second kappa shape index (κ2) is 3.88. The molecule has 1 aromatic heterocycles. The molecular formula is C8H11N5O2. The van der Waals surface area contributed by atoms with E-state index in [1.165, 1.54) is 0 Å². The van der Waals surface area contributed by atoms with Crippen LogP contribution in [0.4, 0.5) is 11.6 Å². The van der Waals surface area contributed by atoms with Gasteiger partial charge in [-0.25, -0.2) is 4.68 Å². The van der Waals surface area contributed by atoms with E-state index in [1.807, 2.05) is 6.07 Å². The number of hydrogen-bond donors (Lipinski definition) is 2. The van der Waals surface area contributed by atoms with E-state index in [1.54, 1.807) is 19.0 Å². The fourth-order valence-electron chi connectivity index (χ4n) is 1.13. The van der Waals surface area contributed by atoms with Crippen molar-refractivity contribution in [1.82, 2.24) is 9.78 Å². The van der Waals surface area contributed by atoms with E-state index >= 15 is 0 Å². The van der Waals surface area contributed by atoms with Gasteiger partial charge in [-0.1, -0.05) is 0 Å². The topological polar surface area (TPSA) is 108 Å². The number of carbonyl (C=O) groups is 1. The monoisotopic (exact) mass is 209 g/mol. The first-order valence-corrected chi connectivity index (χ1v) is 4.13. The van der Waals surface area contributed by atoms with Crippen LogP contribution >= 0.6 is 0 Å². The normalized spacial score (nSPS) is 9.67. The molecule has 1 aromatic rings. The molecule has 1 heterocycles. The lowest BCUT2D eigenvalue weighted by Crippen LogP contribution is -2.14. The predicted molar refractivity (Wildman–Crippen MR) is 53.3 cm³/mol. The molecule has 0 atom stereocenters. The van der Waals surface area contributed by atoms with Crippen molar-refractivity contribution in [3.8, 4) is 6.07 Å². The van der Waals surface area contributed by atoms with Crippen molar-refractivity contribution >= 4 is 17.6 Å². The van der Waals surface area contributed by atoms with Gasteiger partial charge in [0.1, 0.15) is 24.0 Å². The predicted octanol–water partition coefficient (Wildman–Crippen LogP) is -0.512. The maximum absolute atomic E-state index is 10.5. The molecule has 7 heteroatoms. The third-order valence-electron chi connectivity index (χ3n) is 1.79. The van der Waals surface area contributed by atoms with Gasteiger partial charge in [-0.15, -0.1) is 0 Å². The highest BCUT2D eigenvalue weighted by atomic mass is 16.4. The zero-order valence-electron chi connectivity index (χ0n) is 8.43. The van der Waals surface area contributed by atoms with Gasteiger partial charge in [-0.2, -0.15) is 10.4 Å². The lowest BCUT2D eigenvalue weighted by molar-refractivity contribution is -0.137. The third-order valence-corrected chi connectivity index (χ3v) is 1.79. The number of carboxylic acids is 1. The quantitative estimate of drug-likeness (QED) is 0.693. The number of aliphatic carboxylic acids is 1. The highest BCUT2D eigenvalue weighted by molar-refractivity contribution is 5.70. The average Bonchev–Trinajstić information content (AvgIpc) is 2.43. The third kappa shape index (κ3) is 1.99. The van der Waals surface area contributed by atoms with Crippen molar-refractivity contribution in [3.63, 3.8) is 0 Å². The van der Waals surface area contributed by atoms with E-state index in [0.717, 1.165) is 4.68 Å². The molecule has 0 unspecified atom stereocenters. The van der Waals surface area contributed by atoms with Gasteiger partial charge < -0.3 is 15.7 Å². The van der Waals surface area contributed by atoms with Crippen LogP contribution in [0.5, 0.6) is 0 Å². The molecule has 7 nitrogen and oxygen atoms in total. The Balaban J connectivity index is 3.22. The fraction of sp³-hybridized carbons (Fsp3) is 0.375. The molecule has 0 saturated carbocycles. The van der Waals surface area contributed by atoms with Gasteiger partial charge in [0.25, 0.3) is 0 Å². The van der Waals surface area contributed by atoms with Crippen molar-refractivity contribution in [2.45, 2.75) is 6.54 Å². The van der Waals surface area contributed by atoms with Crippen LogP contribution in [0.3, 0.4) is 0 Å².